The molecule has 3 aromatic rings. The molecule has 29 heavy (non-hydrogen) atoms. The van der Waals surface area contributed by atoms with Crippen molar-refractivity contribution in [2.75, 3.05) is 19.0 Å². The van der Waals surface area contributed by atoms with Crippen molar-refractivity contribution in [2.24, 2.45) is 0 Å². The van der Waals surface area contributed by atoms with Gasteiger partial charge in [0.05, 0.1) is 7.11 Å². The van der Waals surface area contributed by atoms with Crippen LogP contribution in [-0.2, 0) is 9.53 Å². The van der Waals surface area contributed by atoms with Crippen molar-refractivity contribution in [3.05, 3.63) is 70.2 Å². The van der Waals surface area contributed by atoms with Crippen LogP contribution in [0.3, 0.4) is 0 Å². The van der Waals surface area contributed by atoms with E-state index in [0.717, 1.165) is 5.56 Å². The fraction of sp³-hybridized carbons (Fsp3) is 0.100. The molecule has 1 aromatic heterocycles. The minimum absolute atomic E-state index is 0.239. The number of methoxy groups -OCH3 is 1. The lowest BCUT2D eigenvalue weighted by atomic mass is 10.2. The highest BCUT2D eigenvalue weighted by molar-refractivity contribution is 7.13. The van der Waals surface area contributed by atoms with Crippen LogP contribution >= 0.6 is 22.9 Å². The molecule has 0 aliphatic rings. The second kappa shape index (κ2) is 9.31. The average molecular weight is 430 g/mol. The Morgan fingerprint density at radius 1 is 1.10 bits per heavy atom. The molecule has 2 amide bonds. The topological polar surface area (TPSA) is 97.4 Å². The van der Waals surface area contributed by atoms with Crippen molar-refractivity contribution in [1.29, 1.82) is 0 Å². The highest BCUT2D eigenvalue weighted by atomic mass is 35.5. The third-order valence-electron chi connectivity index (χ3n) is 3.81. The minimum Gasteiger partial charge on any atom is -0.468 e. The molecule has 0 aliphatic carbocycles. The van der Waals surface area contributed by atoms with Crippen LogP contribution in [0, 0.1) is 0 Å². The lowest BCUT2D eigenvalue weighted by molar-refractivity contribution is -0.139. The lowest BCUT2D eigenvalue weighted by Crippen LogP contribution is -2.30. The van der Waals surface area contributed by atoms with Gasteiger partial charge in [0.2, 0.25) is 0 Å². The van der Waals surface area contributed by atoms with Crippen molar-refractivity contribution in [2.45, 2.75) is 0 Å². The lowest BCUT2D eigenvalue weighted by Gasteiger charge is -2.07. The monoisotopic (exact) mass is 429 g/mol. The number of nitrogens with one attached hydrogen (secondary N) is 2. The van der Waals surface area contributed by atoms with Gasteiger partial charge in [0, 0.05) is 27.2 Å². The van der Waals surface area contributed by atoms with Gasteiger partial charge in [-0.15, -0.1) is 11.3 Å². The van der Waals surface area contributed by atoms with Crippen LogP contribution in [0.2, 0.25) is 5.02 Å². The molecule has 0 spiro atoms. The Morgan fingerprint density at radius 3 is 2.66 bits per heavy atom. The predicted octanol–water partition coefficient (Wildman–Crippen LogP) is 3.62. The average Bonchev–Trinajstić information content (AvgIpc) is 3.22. The predicted molar refractivity (Wildman–Crippen MR) is 111 cm³/mol. The van der Waals surface area contributed by atoms with Crippen molar-refractivity contribution in [1.82, 2.24) is 10.3 Å². The highest BCUT2D eigenvalue weighted by Crippen LogP contribution is 2.26. The first kappa shape index (κ1) is 20.5. The van der Waals surface area contributed by atoms with Crippen molar-refractivity contribution < 1.29 is 19.1 Å². The van der Waals surface area contributed by atoms with Crippen molar-refractivity contribution in [3.63, 3.8) is 0 Å². The zero-order valence-corrected chi connectivity index (χ0v) is 16.8. The molecular formula is C20H16ClN3O4S. The highest BCUT2D eigenvalue weighted by Gasteiger charge is 2.14. The summed E-state index contributed by atoms with van der Waals surface area (Å²) in [6.07, 6.45) is 0. The molecule has 0 radical (unpaired) electrons. The third kappa shape index (κ3) is 5.40. The van der Waals surface area contributed by atoms with Crippen LogP contribution < -0.4 is 10.6 Å². The molecule has 148 valence electrons. The van der Waals surface area contributed by atoms with Crippen LogP contribution in [0.15, 0.2) is 53.9 Å². The largest absolute Gasteiger partial charge is 0.468 e. The molecule has 2 aromatic carbocycles. The Bertz CT molecular complexity index is 1070. The normalized spacial score (nSPS) is 10.3. The van der Waals surface area contributed by atoms with Crippen LogP contribution in [0.4, 0.5) is 5.69 Å². The molecule has 3 rings (SSSR count). The zero-order valence-electron chi connectivity index (χ0n) is 15.3. The molecule has 0 atom stereocenters. The zero-order chi connectivity index (χ0) is 20.8. The van der Waals surface area contributed by atoms with Gasteiger partial charge in [-0.05, 0) is 30.3 Å². The maximum absolute atomic E-state index is 12.5. The quantitative estimate of drug-likeness (QED) is 0.583. The number of halogens is 1. The van der Waals surface area contributed by atoms with Gasteiger partial charge in [-0.2, -0.15) is 0 Å². The van der Waals surface area contributed by atoms with E-state index >= 15 is 0 Å². The second-order valence-corrected chi connectivity index (χ2v) is 7.14. The van der Waals surface area contributed by atoms with Gasteiger partial charge in [0.1, 0.15) is 17.2 Å². The summed E-state index contributed by atoms with van der Waals surface area (Å²) in [5, 5.41) is 8.07. The SMILES string of the molecule is COC(=O)CNC(=O)c1cccc(NC(=O)c2csc(-c3cccc(Cl)c3)n2)c1. The van der Waals surface area contributed by atoms with Crippen LogP contribution in [0.1, 0.15) is 20.8 Å². The van der Waals surface area contributed by atoms with Gasteiger partial charge in [-0.25, -0.2) is 4.98 Å². The Labute approximate surface area is 175 Å². The number of benzene rings is 2. The maximum Gasteiger partial charge on any atom is 0.325 e. The molecule has 0 unspecified atom stereocenters. The molecule has 2 N–H and O–H groups in total. The number of thiazole rings is 1. The fourth-order valence-corrected chi connectivity index (χ4v) is 3.38. The number of nitrogens with zero attached hydrogens (tertiary/aromatic N) is 1. The van der Waals surface area contributed by atoms with E-state index in [4.69, 9.17) is 11.6 Å². The summed E-state index contributed by atoms with van der Waals surface area (Å²) in [7, 11) is 1.24. The number of ether oxygens (including phenoxy) is 1. The first-order chi connectivity index (χ1) is 14.0. The van der Waals surface area contributed by atoms with Gasteiger partial charge >= 0.3 is 5.97 Å². The molecule has 0 bridgehead atoms. The number of anilines is 1. The Morgan fingerprint density at radius 2 is 1.90 bits per heavy atom. The van der Waals surface area contributed by atoms with Crippen molar-refractivity contribution >= 4 is 46.4 Å². The summed E-state index contributed by atoms with van der Waals surface area (Å²) in [4.78, 5) is 40.1. The fourth-order valence-electron chi connectivity index (χ4n) is 2.39. The minimum atomic E-state index is -0.554. The molecule has 0 fully saturated rings. The van der Waals surface area contributed by atoms with E-state index in [1.165, 1.54) is 24.5 Å². The van der Waals surface area contributed by atoms with E-state index in [9.17, 15) is 14.4 Å². The number of rotatable bonds is 6. The van der Waals surface area contributed by atoms with E-state index in [-0.39, 0.29) is 12.2 Å². The van der Waals surface area contributed by atoms with Crippen LogP contribution in [0.5, 0.6) is 0 Å². The Kier molecular flexibility index (Phi) is 6.58. The van der Waals surface area contributed by atoms with Gasteiger partial charge in [-0.3, -0.25) is 14.4 Å². The van der Waals surface area contributed by atoms with Crippen molar-refractivity contribution in [3.8, 4) is 10.6 Å². The summed E-state index contributed by atoms with van der Waals surface area (Å²) < 4.78 is 4.48. The van der Waals surface area contributed by atoms with Crippen LogP contribution in [-0.4, -0.2) is 36.4 Å². The summed E-state index contributed by atoms with van der Waals surface area (Å²) >= 11 is 7.33. The number of amides is 2. The number of carbonyl (C=O) groups is 3. The first-order valence-electron chi connectivity index (χ1n) is 8.44. The van der Waals surface area contributed by atoms with Gasteiger partial charge in [-0.1, -0.05) is 29.8 Å². The van der Waals surface area contributed by atoms with Gasteiger partial charge in [0.25, 0.3) is 11.8 Å². The summed E-state index contributed by atoms with van der Waals surface area (Å²) in [6, 6.07) is 13.6. The van der Waals surface area contributed by atoms with Gasteiger partial charge < -0.3 is 15.4 Å². The number of aromatic nitrogens is 1. The number of esters is 1. The first-order valence-corrected chi connectivity index (χ1v) is 9.70. The molecule has 0 saturated carbocycles. The second-order valence-electron chi connectivity index (χ2n) is 5.84. The molecule has 0 aliphatic heterocycles. The third-order valence-corrected chi connectivity index (χ3v) is 4.94. The molecular weight excluding hydrogens is 414 g/mol. The number of hydrogen-bond donors (Lipinski definition) is 2. The number of hydrogen-bond acceptors (Lipinski definition) is 6. The Balaban J connectivity index is 1.68. The summed E-state index contributed by atoms with van der Waals surface area (Å²) in [6.45, 7) is -0.239. The maximum atomic E-state index is 12.5. The number of carbonyl (C=O) groups excluding carboxylic acids is 3. The molecule has 9 heteroatoms. The van der Waals surface area contributed by atoms with E-state index in [0.29, 0.717) is 21.3 Å². The van der Waals surface area contributed by atoms with Gasteiger partial charge in [0.15, 0.2) is 0 Å². The van der Waals surface area contributed by atoms with Crippen LogP contribution in [0.25, 0.3) is 10.6 Å². The summed E-state index contributed by atoms with van der Waals surface area (Å²) in [5.41, 5.74) is 1.80. The van der Waals surface area contributed by atoms with E-state index in [2.05, 4.69) is 20.4 Å². The molecule has 0 saturated heterocycles. The summed E-state index contributed by atoms with van der Waals surface area (Å²) in [5.74, 6) is -1.41. The molecule has 7 nitrogen and oxygen atoms in total. The van der Waals surface area contributed by atoms with E-state index < -0.39 is 17.8 Å². The molecule has 1 heterocycles. The standard InChI is InChI=1S/C20H16ClN3O4S/c1-28-17(25)10-22-18(26)12-4-3-7-15(9-12)23-19(27)16-11-29-20(24-16)13-5-2-6-14(21)8-13/h2-9,11H,10H2,1H3,(H,22,26)(H,23,27). The van der Waals surface area contributed by atoms with E-state index in [1.807, 2.05) is 12.1 Å². The smallest absolute Gasteiger partial charge is 0.325 e. The van der Waals surface area contributed by atoms with E-state index in [1.54, 1.807) is 35.7 Å². The Hall–Kier alpha value is -3.23.